The Morgan fingerprint density at radius 1 is 1.23 bits per heavy atom. The number of rotatable bonds is 3. The quantitative estimate of drug-likeness (QED) is 0.851. The van der Waals surface area contributed by atoms with Gasteiger partial charge in [-0.3, -0.25) is 4.79 Å². The highest BCUT2D eigenvalue weighted by atomic mass is 16.4. The van der Waals surface area contributed by atoms with Gasteiger partial charge < -0.3 is 10.0 Å². The maximum atomic E-state index is 10.9. The molecule has 0 unspecified atom stereocenters. The highest BCUT2D eigenvalue weighted by molar-refractivity contribution is 5.85. The normalized spacial score (nSPS) is 12.3. The van der Waals surface area contributed by atoms with E-state index in [4.69, 9.17) is 15.6 Å². The average Bonchev–Trinajstić information content (AvgIpc) is 2.51. The molecule has 1 aliphatic heterocycles. The molecule has 0 fully saturated rings. The van der Waals surface area contributed by atoms with Crippen LogP contribution >= 0.6 is 0 Å². The molecule has 1 aromatic carbocycles. The molecule has 0 spiro atoms. The van der Waals surface area contributed by atoms with E-state index in [1.807, 2.05) is 6.07 Å². The van der Waals surface area contributed by atoms with Crippen molar-refractivity contribution in [2.24, 2.45) is 0 Å². The van der Waals surface area contributed by atoms with Gasteiger partial charge in [0, 0.05) is 12.2 Å². The Bertz CT molecular complexity index is 759. The zero-order valence-corrected chi connectivity index (χ0v) is 11.7. The van der Waals surface area contributed by atoms with Crippen LogP contribution < -0.4 is 4.90 Å². The molecule has 0 amide bonds. The first-order valence-electron chi connectivity index (χ1n) is 6.65. The standard InChI is InChI=1S/C16H12N4O2/c17-7-13(8-18)14(9-19)11-3-4-15-12(6-11)2-1-5-20(15)10-16(21)22/h3-4,6H,1-2,5,10H2,(H,21,22). The van der Waals surface area contributed by atoms with Gasteiger partial charge in [0.15, 0.2) is 0 Å². The second-order valence-electron chi connectivity index (χ2n) is 4.85. The van der Waals surface area contributed by atoms with Gasteiger partial charge in [0.25, 0.3) is 0 Å². The van der Waals surface area contributed by atoms with E-state index in [1.54, 1.807) is 35.2 Å². The molecular formula is C16H12N4O2. The number of aryl methyl sites for hydroxylation is 1. The topological polar surface area (TPSA) is 112 Å². The smallest absolute Gasteiger partial charge is 0.323 e. The number of hydrogen-bond donors (Lipinski definition) is 1. The second-order valence-corrected chi connectivity index (χ2v) is 4.85. The fraction of sp³-hybridized carbons (Fsp3) is 0.250. The van der Waals surface area contributed by atoms with Crippen molar-refractivity contribution in [1.29, 1.82) is 15.8 Å². The van der Waals surface area contributed by atoms with Gasteiger partial charge in [-0.05, 0) is 36.1 Å². The van der Waals surface area contributed by atoms with Gasteiger partial charge in [-0.2, -0.15) is 15.8 Å². The predicted molar refractivity (Wildman–Crippen MR) is 78.4 cm³/mol. The molecule has 6 nitrogen and oxygen atoms in total. The lowest BCUT2D eigenvalue weighted by Gasteiger charge is -2.30. The number of benzene rings is 1. The summed E-state index contributed by atoms with van der Waals surface area (Å²) in [4.78, 5) is 12.7. The molecule has 1 aromatic rings. The van der Waals surface area contributed by atoms with Crippen molar-refractivity contribution in [2.45, 2.75) is 12.8 Å². The van der Waals surface area contributed by atoms with Crippen LogP contribution in [0.15, 0.2) is 23.8 Å². The van der Waals surface area contributed by atoms with Crippen LogP contribution in [0.5, 0.6) is 0 Å². The van der Waals surface area contributed by atoms with E-state index < -0.39 is 5.97 Å². The van der Waals surface area contributed by atoms with E-state index in [1.165, 1.54) is 0 Å². The molecule has 22 heavy (non-hydrogen) atoms. The van der Waals surface area contributed by atoms with E-state index in [0.29, 0.717) is 12.1 Å². The molecule has 1 heterocycles. The van der Waals surface area contributed by atoms with Crippen molar-refractivity contribution in [3.63, 3.8) is 0 Å². The molecule has 0 saturated heterocycles. The highest BCUT2D eigenvalue weighted by Crippen LogP contribution is 2.30. The summed E-state index contributed by atoms with van der Waals surface area (Å²) < 4.78 is 0. The summed E-state index contributed by atoms with van der Waals surface area (Å²) in [5.74, 6) is -0.897. The Morgan fingerprint density at radius 2 is 1.95 bits per heavy atom. The Kier molecular flexibility index (Phi) is 4.41. The maximum absolute atomic E-state index is 10.9. The minimum atomic E-state index is -0.897. The van der Waals surface area contributed by atoms with Gasteiger partial charge in [0.2, 0.25) is 0 Å². The third-order valence-electron chi connectivity index (χ3n) is 3.49. The summed E-state index contributed by atoms with van der Waals surface area (Å²) in [6.45, 7) is 0.593. The Balaban J connectivity index is 2.48. The van der Waals surface area contributed by atoms with Crippen molar-refractivity contribution in [3.05, 3.63) is 34.9 Å². The van der Waals surface area contributed by atoms with Gasteiger partial charge in [0.1, 0.15) is 30.3 Å². The largest absolute Gasteiger partial charge is 0.480 e. The van der Waals surface area contributed by atoms with Crippen LogP contribution in [0, 0.1) is 34.0 Å². The lowest BCUT2D eigenvalue weighted by Crippen LogP contribution is -2.34. The molecule has 2 rings (SSSR count). The molecule has 0 aromatic heterocycles. The zero-order valence-electron chi connectivity index (χ0n) is 11.7. The van der Waals surface area contributed by atoms with E-state index in [0.717, 1.165) is 24.1 Å². The van der Waals surface area contributed by atoms with Crippen molar-refractivity contribution in [2.75, 3.05) is 18.0 Å². The minimum absolute atomic E-state index is 0.0446. The van der Waals surface area contributed by atoms with Crippen LogP contribution in [-0.4, -0.2) is 24.2 Å². The fourth-order valence-corrected chi connectivity index (χ4v) is 2.56. The van der Waals surface area contributed by atoms with Crippen molar-refractivity contribution < 1.29 is 9.90 Å². The maximum Gasteiger partial charge on any atom is 0.323 e. The molecule has 1 aliphatic rings. The molecule has 108 valence electrons. The number of anilines is 1. The molecular weight excluding hydrogens is 280 g/mol. The summed E-state index contributed by atoms with van der Waals surface area (Å²) in [6, 6.07) is 10.5. The van der Waals surface area contributed by atoms with E-state index >= 15 is 0 Å². The van der Waals surface area contributed by atoms with Crippen LogP contribution in [0.2, 0.25) is 0 Å². The monoisotopic (exact) mass is 292 g/mol. The first-order valence-corrected chi connectivity index (χ1v) is 6.65. The summed E-state index contributed by atoms with van der Waals surface area (Å²) >= 11 is 0. The predicted octanol–water partition coefficient (Wildman–Crippen LogP) is 1.85. The number of carboxylic acid groups (broad SMARTS) is 1. The van der Waals surface area contributed by atoms with Crippen LogP contribution in [0.4, 0.5) is 5.69 Å². The Hall–Kier alpha value is -3.30. The number of carbonyl (C=O) groups is 1. The van der Waals surface area contributed by atoms with Crippen LogP contribution in [-0.2, 0) is 11.2 Å². The van der Waals surface area contributed by atoms with Gasteiger partial charge in [0.05, 0.1) is 5.57 Å². The van der Waals surface area contributed by atoms with Crippen LogP contribution in [0.3, 0.4) is 0 Å². The number of nitriles is 3. The number of aliphatic carboxylic acids is 1. The molecule has 0 radical (unpaired) electrons. The highest BCUT2D eigenvalue weighted by Gasteiger charge is 2.20. The minimum Gasteiger partial charge on any atom is -0.480 e. The second kappa shape index (κ2) is 6.43. The van der Waals surface area contributed by atoms with Gasteiger partial charge in [-0.25, -0.2) is 0 Å². The Morgan fingerprint density at radius 3 is 2.55 bits per heavy atom. The van der Waals surface area contributed by atoms with Crippen molar-refractivity contribution in [1.82, 2.24) is 0 Å². The van der Waals surface area contributed by atoms with Gasteiger partial charge in [-0.15, -0.1) is 0 Å². The third kappa shape index (κ3) is 2.90. The van der Waals surface area contributed by atoms with Crippen LogP contribution in [0.25, 0.3) is 5.57 Å². The van der Waals surface area contributed by atoms with E-state index in [-0.39, 0.29) is 17.7 Å². The van der Waals surface area contributed by atoms with Gasteiger partial charge >= 0.3 is 5.97 Å². The lowest BCUT2D eigenvalue weighted by molar-refractivity contribution is -0.135. The van der Waals surface area contributed by atoms with E-state index in [9.17, 15) is 10.1 Å². The fourth-order valence-electron chi connectivity index (χ4n) is 2.56. The number of allylic oxidation sites excluding steroid dienone is 2. The number of nitrogens with zero attached hydrogens (tertiary/aromatic N) is 4. The van der Waals surface area contributed by atoms with Gasteiger partial charge in [-0.1, -0.05) is 6.07 Å². The number of fused-ring (bicyclic) bond motifs is 1. The summed E-state index contributed by atoms with van der Waals surface area (Å²) in [5, 5.41) is 36.0. The lowest BCUT2D eigenvalue weighted by atomic mass is 9.95. The number of carboxylic acids is 1. The summed E-state index contributed by atoms with van der Waals surface area (Å²) in [7, 11) is 0. The molecule has 0 aliphatic carbocycles. The SMILES string of the molecule is N#CC(C#N)=C(C#N)c1ccc2c(c1)CCCN2CC(=O)O. The molecule has 0 bridgehead atoms. The van der Waals surface area contributed by atoms with Crippen molar-refractivity contribution >= 4 is 17.2 Å². The summed E-state index contributed by atoms with van der Waals surface area (Å²) in [5.41, 5.74) is 2.08. The zero-order chi connectivity index (χ0) is 16.1. The van der Waals surface area contributed by atoms with Crippen molar-refractivity contribution in [3.8, 4) is 18.2 Å². The first-order chi connectivity index (χ1) is 10.6. The average molecular weight is 292 g/mol. The summed E-state index contributed by atoms with van der Waals surface area (Å²) in [6.07, 6.45) is 1.59. The third-order valence-corrected chi connectivity index (χ3v) is 3.49. The first kappa shape index (κ1) is 15.1. The molecule has 6 heteroatoms. The number of hydrogen-bond acceptors (Lipinski definition) is 5. The molecule has 0 atom stereocenters. The molecule has 1 N–H and O–H groups in total. The Labute approximate surface area is 127 Å². The van der Waals surface area contributed by atoms with E-state index in [2.05, 4.69) is 0 Å². The van der Waals surface area contributed by atoms with Crippen LogP contribution in [0.1, 0.15) is 17.5 Å². The molecule has 0 saturated carbocycles.